The molecule has 1 aromatic heterocycles. The molecule has 0 N–H and O–H groups in total. The molecule has 0 aromatic carbocycles. The Bertz CT molecular complexity index is 427. The number of rotatable bonds is 4. The Kier molecular flexibility index (Phi) is 3.60. The van der Waals surface area contributed by atoms with E-state index in [4.69, 9.17) is 4.74 Å². The highest BCUT2D eigenvalue weighted by molar-refractivity contribution is 5.54. The van der Waals surface area contributed by atoms with Gasteiger partial charge in [0.15, 0.2) is 0 Å². The van der Waals surface area contributed by atoms with Crippen LogP contribution in [-0.4, -0.2) is 16.0 Å². The quantitative estimate of drug-likeness (QED) is 0.580. The fraction of sp³-hybridized carbons (Fsp3) is 0.364. The van der Waals surface area contributed by atoms with Crippen LogP contribution < -0.4 is 4.74 Å². The van der Waals surface area contributed by atoms with Gasteiger partial charge >= 0.3 is 5.69 Å². The van der Waals surface area contributed by atoms with Crippen molar-refractivity contribution in [3.05, 3.63) is 34.0 Å². The average Bonchev–Trinajstić information content (AvgIpc) is 2.19. The molecule has 0 saturated carbocycles. The lowest BCUT2D eigenvalue weighted by Crippen LogP contribution is -2.10. The topological polar surface area (TPSA) is 65.3 Å². The summed E-state index contributed by atoms with van der Waals surface area (Å²) in [4.78, 5) is 14.4. The molecule has 1 heterocycles. The lowest BCUT2D eigenvalue weighted by Gasteiger charge is -2.10. The van der Waals surface area contributed by atoms with E-state index in [2.05, 4.69) is 11.6 Å². The first-order valence-electron chi connectivity index (χ1n) is 4.90. The summed E-state index contributed by atoms with van der Waals surface area (Å²) in [6.45, 7) is 8.93. The van der Waals surface area contributed by atoms with Crippen molar-refractivity contribution in [1.82, 2.24) is 4.98 Å². The van der Waals surface area contributed by atoms with Crippen molar-refractivity contribution in [3.63, 3.8) is 0 Å². The third-order valence-corrected chi connectivity index (χ3v) is 1.94. The number of hydrogen-bond acceptors (Lipinski definition) is 4. The summed E-state index contributed by atoms with van der Waals surface area (Å²) in [7, 11) is 0. The van der Waals surface area contributed by atoms with Crippen LogP contribution in [0, 0.1) is 17.0 Å². The number of aryl methyl sites for hydroxylation is 1. The van der Waals surface area contributed by atoms with Crippen LogP contribution in [0.3, 0.4) is 0 Å². The molecule has 1 rings (SSSR count). The van der Waals surface area contributed by atoms with Crippen LogP contribution in [0.15, 0.2) is 12.6 Å². The molecule has 86 valence electrons. The maximum absolute atomic E-state index is 10.8. The first-order chi connectivity index (χ1) is 7.45. The molecule has 5 nitrogen and oxygen atoms in total. The van der Waals surface area contributed by atoms with Gasteiger partial charge in [0.05, 0.1) is 16.7 Å². The fourth-order valence-electron chi connectivity index (χ4n) is 1.24. The third kappa shape index (κ3) is 2.56. The predicted octanol–water partition coefficient (Wildman–Crippen LogP) is 2.73. The van der Waals surface area contributed by atoms with Gasteiger partial charge in [0.2, 0.25) is 0 Å². The molecule has 1 aromatic rings. The summed E-state index contributed by atoms with van der Waals surface area (Å²) in [5.74, 6) is 0.0421. The first-order valence-corrected chi connectivity index (χ1v) is 4.90. The highest BCUT2D eigenvalue weighted by atomic mass is 16.6. The maximum Gasteiger partial charge on any atom is 0.331 e. The van der Waals surface area contributed by atoms with Crippen LogP contribution in [0.25, 0.3) is 6.08 Å². The normalized spacial score (nSPS) is 10.2. The molecule has 0 aliphatic heterocycles. The smallest absolute Gasteiger partial charge is 0.331 e. The second-order valence-electron chi connectivity index (χ2n) is 3.64. The van der Waals surface area contributed by atoms with Gasteiger partial charge < -0.3 is 4.74 Å². The Balaban J connectivity index is 3.30. The zero-order valence-corrected chi connectivity index (χ0v) is 9.56. The summed E-state index contributed by atoms with van der Waals surface area (Å²) in [6.07, 6.45) is 1.39. The molecule has 0 aliphatic rings. The Labute approximate surface area is 93.9 Å². The van der Waals surface area contributed by atoms with E-state index in [1.54, 1.807) is 26.8 Å². The fourth-order valence-corrected chi connectivity index (χ4v) is 1.24. The van der Waals surface area contributed by atoms with E-state index in [0.717, 1.165) is 0 Å². The molecule has 0 fully saturated rings. The van der Waals surface area contributed by atoms with Crippen molar-refractivity contribution in [2.45, 2.75) is 26.9 Å². The van der Waals surface area contributed by atoms with E-state index in [1.807, 2.05) is 0 Å². The van der Waals surface area contributed by atoms with Gasteiger partial charge in [0, 0.05) is 6.07 Å². The van der Waals surface area contributed by atoms with E-state index >= 15 is 0 Å². The van der Waals surface area contributed by atoms with Crippen LogP contribution in [-0.2, 0) is 0 Å². The molecule has 0 spiro atoms. The Morgan fingerprint density at radius 1 is 1.62 bits per heavy atom. The second kappa shape index (κ2) is 4.74. The molecular formula is C11H14N2O3. The minimum Gasteiger partial charge on any atom is -0.470 e. The van der Waals surface area contributed by atoms with Crippen LogP contribution in [0.4, 0.5) is 5.69 Å². The van der Waals surface area contributed by atoms with Crippen molar-refractivity contribution < 1.29 is 9.66 Å². The summed E-state index contributed by atoms with van der Waals surface area (Å²) < 4.78 is 5.30. The van der Waals surface area contributed by atoms with Crippen molar-refractivity contribution >= 4 is 11.8 Å². The molecule has 5 heteroatoms. The SMILES string of the molecule is C=Cc1nc(OC(C)C)c([N+](=O)[O-])cc1C. The first kappa shape index (κ1) is 12.2. The zero-order valence-electron chi connectivity index (χ0n) is 9.56. The molecule has 0 unspecified atom stereocenters. The summed E-state index contributed by atoms with van der Waals surface area (Å²) in [5, 5.41) is 10.8. The van der Waals surface area contributed by atoms with E-state index in [0.29, 0.717) is 11.3 Å². The van der Waals surface area contributed by atoms with Gasteiger partial charge in [-0.15, -0.1) is 0 Å². The van der Waals surface area contributed by atoms with Gasteiger partial charge in [0.25, 0.3) is 5.88 Å². The number of nitro groups is 1. The van der Waals surface area contributed by atoms with Gasteiger partial charge in [-0.25, -0.2) is 4.98 Å². The minimum atomic E-state index is -0.495. The van der Waals surface area contributed by atoms with Crippen LogP contribution in [0.2, 0.25) is 0 Å². The molecule has 16 heavy (non-hydrogen) atoms. The van der Waals surface area contributed by atoms with Crippen LogP contribution >= 0.6 is 0 Å². The van der Waals surface area contributed by atoms with Crippen molar-refractivity contribution in [2.24, 2.45) is 0 Å². The monoisotopic (exact) mass is 222 g/mol. The molecule has 0 atom stereocenters. The van der Waals surface area contributed by atoms with Gasteiger partial charge in [-0.2, -0.15) is 0 Å². The van der Waals surface area contributed by atoms with Gasteiger partial charge in [-0.05, 0) is 32.4 Å². The number of aromatic nitrogens is 1. The summed E-state index contributed by atoms with van der Waals surface area (Å²) in [5.41, 5.74) is 1.19. The van der Waals surface area contributed by atoms with Gasteiger partial charge in [-0.3, -0.25) is 10.1 Å². The standard InChI is InChI=1S/C11H14N2O3/c1-5-9-8(4)6-10(13(14)15)11(12-9)16-7(2)3/h5-7H,1H2,2-4H3. The largest absolute Gasteiger partial charge is 0.470 e. The van der Waals surface area contributed by atoms with E-state index in [1.165, 1.54) is 6.07 Å². The molecule has 0 aliphatic carbocycles. The van der Waals surface area contributed by atoms with Crippen molar-refractivity contribution in [2.75, 3.05) is 0 Å². The van der Waals surface area contributed by atoms with Crippen molar-refractivity contribution in [3.8, 4) is 5.88 Å². The predicted molar refractivity (Wildman–Crippen MR) is 61.5 cm³/mol. The lowest BCUT2D eigenvalue weighted by atomic mass is 10.2. The van der Waals surface area contributed by atoms with E-state index in [9.17, 15) is 10.1 Å². The van der Waals surface area contributed by atoms with E-state index in [-0.39, 0.29) is 17.7 Å². The minimum absolute atomic E-state index is 0.0421. The van der Waals surface area contributed by atoms with Crippen molar-refractivity contribution in [1.29, 1.82) is 0 Å². The van der Waals surface area contributed by atoms with E-state index < -0.39 is 4.92 Å². The molecule has 0 bridgehead atoms. The summed E-state index contributed by atoms with van der Waals surface area (Å²) in [6, 6.07) is 1.45. The van der Waals surface area contributed by atoms with Crippen LogP contribution in [0.5, 0.6) is 5.88 Å². The number of nitrogens with zero attached hydrogens (tertiary/aromatic N) is 2. The number of pyridine rings is 1. The Hall–Kier alpha value is -1.91. The molecular weight excluding hydrogens is 208 g/mol. The van der Waals surface area contributed by atoms with Gasteiger partial charge in [-0.1, -0.05) is 6.58 Å². The highest BCUT2D eigenvalue weighted by Gasteiger charge is 2.19. The second-order valence-corrected chi connectivity index (χ2v) is 3.64. The highest BCUT2D eigenvalue weighted by Crippen LogP contribution is 2.28. The lowest BCUT2D eigenvalue weighted by molar-refractivity contribution is -0.386. The molecule has 0 saturated heterocycles. The van der Waals surface area contributed by atoms with Crippen LogP contribution in [0.1, 0.15) is 25.1 Å². The summed E-state index contributed by atoms with van der Waals surface area (Å²) >= 11 is 0. The average molecular weight is 222 g/mol. The molecule has 0 amide bonds. The maximum atomic E-state index is 10.8. The number of ether oxygens (including phenoxy) is 1. The molecule has 0 radical (unpaired) electrons. The third-order valence-electron chi connectivity index (χ3n) is 1.94. The Morgan fingerprint density at radius 2 is 2.25 bits per heavy atom. The zero-order chi connectivity index (χ0) is 12.3. The number of hydrogen-bond donors (Lipinski definition) is 0. The van der Waals surface area contributed by atoms with Gasteiger partial charge in [0.1, 0.15) is 0 Å². The Morgan fingerprint density at radius 3 is 2.69 bits per heavy atom.